The molecule has 1 aromatic heterocycles. The van der Waals surface area contributed by atoms with E-state index in [4.69, 9.17) is 0 Å². The lowest BCUT2D eigenvalue weighted by atomic mass is 10.1. The monoisotopic (exact) mass is 469 g/mol. The molecule has 0 fully saturated rings. The van der Waals surface area contributed by atoms with Crippen LogP contribution in [0.15, 0.2) is 76.8 Å². The standard InChI is InChI=1S/C24H18F3N3O2S/c1-30-19-12-17(22(31)29-14-16-3-2-10-28-13-16)6-9-20(19)33-21(23(30)32)11-15-4-7-18(8-5-15)24(25,26)27/h2-13H,14H2,1H3,(H,29,31). The molecule has 33 heavy (non-hydrogen) atoms. The number of likely N-dealkylation sites (N-methyl/N-ethyl adjacent to an activating group) is 1. The van der Waals surface area contributed by atoms with Gasteiger partial charge in [-0.3, -0.25) is 14.6 Å². The maximum Gasteiger partial charge on any atom is 0.416 e. The Morgan fingerprint density at radius 2 is 1.91 bits per heavy atom. The highest BCUT2D eigenvalue weighted by molar-refractivity contribution is 8.04. The number of rotatable bonds is 4. The van der Waals surface area contributed by atoms with Crippen LogP contribution in [0.4, 0.5) is 18.9 Å². The fourth-order valence-electron chi connectivity index (χ4n) is 3.24. The van der Waals surface area contributed by atoms with Crippen molar-refractivity contribution in [3.05, 3.63) is 94.1 Å². The van der Waals surface area contributed by atoms with E-state index >= 15 is 0 Å². The Morgan fingerprint density at radius 1 is 1.15 bits per heavy atom. The molecule has 2 aromatic carbocycles. The van der Waals surface area contributed by atoms with Gasteiger partial charge < -0.3 is 10.2 Å². The van der Waals surface area contributed by atoms with Gasteiger partial charge in [0.15, 0.2) is 0 Å². The fourth-order valence-corrected chi connectivity index (χ4v) is 4.33. The number of alkyl halides is 3. The molecule has 0 saturated heterocycles. The van der Waals surface area contributed by atoms with Crippen molar-refractivity contribution in [3.8, 4) is 0 Å². The second-order valence-corrected chi connectivity index (χ2v) is 8.40. The molecule has 2 amide bonds. The summed E-state index contributed by atoms with van der Waals surface area (Å²) in [5.41, 5.74) is 1.60. The van der Waals surface area contributed by atoms with Crippen molar-refractivity contribution in [2.45, 2.75) is 17.6 Å². The number of hydrogen-bond acceptors (Lipinski definition) is 4. The summed E-state index contributed by atoms with van der Waals surface area (Å²) in [7, 11) is 1.60. The van der Waals surface area contributed by atoms with Gasteiger partial charge in [-0.05, 0) is 53.6 Å². The SMILES string of the molecule is CN1C(=O)C(=Cc2ccc(C(F)(F)F)cc2)Sc2ccc(C(=O)NCc3cccnc3)cc21. The van der Waals surface area contributed by atoms with Crippen LogP contribution in [0, 0.1) is 0 Å². The molecule has 3 aromatic rings. The predicted molar refractivity (Wildman–Crippen MR) is 121 cm³/mol. The first kappa shape index (κ1) is 22.6. The third-order valence-corrected chi connectivity index (χ3v) is 6.11. The Morgan fingerprint density at radius 3 is 2.58 bits per heavy atom. The first-order valence-corrected chi connectivity index (χ1v) is 10.7. The van der Waals surface area contributed by atoms with Crippen molar-refractivity contribution < 1.29 is 22.8 Å². The van der Waals surface area contributed by atoms with E-state index in [1.54, 1.807) is 49.8 Å². The van der Waals surface area contributed by atoms with Gasteiger partial charge in [0.2, 0.25) is 0 Å². The number of fused-ring (bicyclic) bond motifs is 1. The molecule has 0 unspecified atom stereocenters. The third-order valence-electron chi connectivity index (χ3n) is 5.03. The van der Waals surface area contributed by atoms with Crippen LogP contribution in [-0.4, -0.2) is 23.8 Å². The van der Waals surface area contributed by atoms with E-state index in [1.807, 2.05) is 6.07 Å². The van der Waals surface area contributed by atoms with E-state index < -0.39 is 11.7 Å². The molecule has 0 aliphatic carbocycles. The number of hydrogen-bond donors (Lipinski definition) is 1. The van der Waals surface area contributed by atoms with Crippen molar-refractivity contribution in [2.24, 2.45) is 0 Å². The van der Waals surface area contributed by atoms with Crippen molar-refractivity contribution in [1.29, 1.82) is 0 Å². The summed E-state index contributed by atoms with van der Waals surface area (Å²) in [4.78, 5) is 32.0. The molecule has 4 rings (SSSR count). The third kappa shape index (κ3) is 5.09. The second kappa shape index (κ2) is 9.11. The summed E-state index contributed by atoms with van der Waals surface area (Å²) >= 11 is 1.21. The Labute approximate surface area is 192 Å². The summed E-state index contributed by atoms with van der Waals surface area (Å²) in [5, 5.41) is 2.82. The Balaban J connectivity index is 1.52. The van der Waals surface area contributed by atoms with E-state index in [0.717, 1.165) is 22.6 Å². The van der Waals surface area contributed by atoms with Gasteiger partial charge in [0.25, 0.3) is 11.8 Å². The highest BCUT2D eigenvalue weighted by Gasteiger charge is 2.30. The number of amides is 2. The van der Waals surface area contributed by atoms with Crippen molar-refractivity contribution in [3.63, 3.8) is 0 Å². The predicted octanol–water partition coefficient (Wildman–Crippen LogP) is 5.14. The van der Waals surface area contributed by atoms with Crippen LogP contribution in [0.1, 0.15) is 27.0 Å². The van der Waals surface area contributed by atoms with Crippen molar-refractivity contribution in [2.75, 3.05) is 11.9 Å². The maximum absolute atomic E-state index is 12.9. The molecule has 0 atom stereocenters. The number of aromatic nitrogens is 1. The zero-order valence-electron chi connectivity index (χ0n) is 17.4. The van der Waals surface area contributed by atoms with Crippen LogP contribution >= 0.6 is 11.8 Å². The van der Waals surface area contributed by atoms with Gasteiger partial charge in [-0.2, -0.15) is 13.2 Å². The molecule has 0 bridgehead atoms. The highest BCUT2D eigenvalue weighted by atomic mass is 32.2. The topological polar surface area (TPSA) is 62.3 Å². The lowest BCUT2D eigenvalue weighted by Gasteiger charge is -2.27. The highest BCUT2D eigenvalue weighted by Crippen LogP contribution is 2.42. The molecule has 1 aliphatic rings. The number of anilines is 1. The number of thioether (sulfide) groups is 1. The lowest BCUT2D eigenvalue weighted by Crippen LogP contribution is -2.31. The minimum atomic E-state index is -4.41. The minimum Gasteiger partial charge on any atom is -0.348 e. The lowest BCUT2D eigenvalue weighted by molar-refractivity contribution is -0.137. The molecule has 2 heterocycles. The summed E-state index contributed by atoms with van der Waals surface area (Å²) in [6, 6.07) is 13.3. The molecule has 0 radical (unpaired) electrons. The van der Waals surface area contributed by atoms with Gasteiger partial charge in [-0.1, -0.05) is 30.0 Å². The molecule has 9 heteroatoms. The summed E-state index contributed by atoms with van der Waals surface area (Å²) in [6.07, 6.45) is 0.462. The summed E-state index contributed by atoms with van der Waals surface area (Å²) < 4.78 is 38.3. The average molecular weight is 469 g/mol. The van der Waals surface area contributed by atoms with E-state index in [1.165, 1.54) is 28.8 Å². The minimum absolute atomic E-state index is 0.279. The van der Waals surface area contributed by atoms with E-state index in [2.05, 4.69) is 10.3 Å². The summed E-state index contributed by atoms with van der Waals surface area (Å²) in [5.74, 6) is -0.584. The van der Waals surface area contributed by atoms with Gasteiger partial charge in [0.1, 0.15) is 0 Å². The molecular weight excluding hydrogens is 451 g/mol. The van der Waals surface area contributed by atoms with Crippen LogP contribution < -0.4 is 10.2 Å². The number of halogens is 3. The number of benzene rings is 2. The van der Waals surface area contributed by atoms with Gasteiger partial charge in [0, 0.05) is 36.4 Å². The average Bonchev–Trinajstić information content (AvgIpc) is 2.81. The van der Waals surface area contributed by atoms with Crippen LogP contribution in [0.3, 0.4) is 0 Å². The maximum atomic E-state index is 12.9. The quantitative estimate of drug-likeness (QED) is 0.538. The smallest absolute Gasteiger partial charge is 0.348 e. The molecular formula is C24H18F3N3O2S. The van der Waals surface area contributed by atoms with E-state index in [0.29, 0.717) is 28.3 Å². The van der Waals surface area contributed by atoms with Crippen LogP contribution in [-0.2, 0) is 17.5 Å². The van der Waals surface area contributed by atoms with Crippen molar-refractivity contribution in [1.82, 2.24) is 10.3 Å². The summed E-state index contributed by atoms with van der Waals surface area (Å²) in [6.45, 7) is 0.327. The fraction of sp³-hybridized carbons (Fsp3) is 0.125. The largest absolute Gasteiger partial charge is 0.416 e. The van der Waals surface area contributed by atoms with Gasteiger partial charge in [0.05, 0.1) is 16.2 Å². The second-order valence-electron chi connectivity index (χ2n) is 7.32. The number of carbonyl (C=O) groups is 2. The zero-order valence-corrected chi connectivity index (χ0v) is 18.2. The first-order valence-electron chi connectivity index (χ1n) is 9.88. The van der Waals surface area contributed by atoms with Gasteiger partial charge in [-0.15, -0.1) is 0 Å². The Kier molecular flexibility index (Phi) is 6.24. The number of pyridine rings is 1. The number of nitrogens with zero attached hydrogens (tertiary/aromatic N) is 2. The molecule has 1 aliphatic heterocycles. The van der Waals surface area contributed by atoms with Gasteiger partial charge in [-0.25, -0.2) is 0 Å². The molecule has 1 N–H and O–H groups in total. The normalized spacial score (nSPS) is 14.8. The van der Waals surface area contributed by atoms with Crippen LogP contribution in [0.5, 0.6) is 0 Å². The molecule has 0 saturated carbocycles. The van der Waals surface area contributed by atoms with E-state index in [9.17, 15) is 22.8 Å². The molecule has 0 spiro atoms. The Bertz CT molecular complexity index is 1230. The van der Waals surface area contributed by atoms with Crippen molar-refractivity contribution >= 4 is 35.3 Å². The van der Waals surface area contributed by atoms with Crippen LogP contribution in [0.2, 0.25) is 0 Å². The molecule has 168 valence electrons. The number of carbonyl (C=O) groups excluding carboxylic acids is 2. The zero-order chi connectivity index (χ0) is 23.6. The van der Waals surface area contributed by atoms with Crippen LogP contribution in [0.25, 0.3) is 6.08 Å². The molecule has 5 nitrogen and oxygen atoms in total. The number of nitrogens with one attached hydrogen (secondary N) is 1. The van der Waals surface area contributed by atoms with E-state index in [-0.39, 0.29) is 11.8 Å². The first-order chi connectivity index (χ1) is 15.7. The van der Waals surface area contributed by atoms with Gasteiger partial charge >= 0.3 is 6.18 Å². The Hall–Kier alpha value is -3.59.